The molecule has 0 amide bonds. The molecule has 0 atom stereocenters. The van der Waals surface area contributed by atoms with Crippen molar-refractivity contribution in [2.24, 2.45) is 0 Å². The van der Waals surface area contributed by atoms with Crippen molar-refractivity contribution in [2.45, 2.75) is 13.1 Å². The quantitative estimate of drug-likeness (QED) is 0.571. The van der Waals surface area contributed by atoms with E-state index in [1.165, 1.54) is 35.0 Å². The van der Waals surface area contributed by atoms with Gasteiger partial charge in [-0.15, -0.1) is 0 Å². The average molecular weight is 198 g/mol. The van der Waals surface area contributed by atoms with Crippen molar-refractivity contribution in [3.63, 3.8) is 0 Å². The lowest BCUT2D eigenvalue weighted by Crippen LogP contribution is -2.32. The summed E-state index contributed by atoms with van der Waals surface area (Å²) in [7, 11) is 4.59. The molecule has 1 heteroatoms. The molecular formula is C14H16N+. The minimum atomic E-state index is 1.09. The van der Waals surface area contributed by atoms with E-state index >= 15 is 0 Å². The first-order valence-corrected chi connectivity index (χ1v) is 5.47. The maximum Gasteiger partial charge on any atom is 0.105 e. The SMILES string of the molecule is C[N+]1(C)Cc2cc3ccccc3cc2C1. The lowest BCUT2D eigenvalue weighted by atomic mass is 10.0. The molecule has 3 rings (SSSR count). The largest absolute Gasteiger partial charge is 0.321 e. The summed E-state index contributed by atoms with van der Waals surface area (Å²) in [5, 5.41) is 2.75. The normalized spacial score (nSPS) is 18.0. The maximum atomic E-state index is 2.36. The van der Waals surface area contributed by atoms with E-state index in [0.717, 1.165) is 4.48 Å². The molecule has 2 aromatic carbocycles. The van der Waals surface area contributed by atoms with Gasteiger partial charge in [0.1, 0.15) is 13.1 Å². The first kappa shape index (κ1) is 8.93. The zero-order valence-electron chi connectivity index (χ0n) is 9.33. The Bertz CT molecular complexity index is 479. The Labute approximate surface area is 90.5 Å². The van der Waals surface area contributed by atoms with Gasteiger partial charge in [-0.2, -0.15) is 0 Å². The molecule has 1 heterocycles. The molecule has 0 spiro atoms. The highest BCUT2D eigenvalue weighted by Crippen LogP contribution is 2.30. The van der Waals surface area contributed by atoms with Crippen LogP contribution in [0.25, 0.3) is 10.8 Å². The molecule has 0 radical (unpaired) electrons. The van der Waals surface area contributed by atoms with Crippen molar-refractivity contribution in [3.8, 4) is 0 Å². The number of hydrogen-bond donors (Lipinski definition) is 0. The highest BCUT2D eigenvalue weighted by molar-refractivity contribution is 5.84. The van der Waals surface area contributed by atoms with Crippen LogP contribution in [0.3, 0.4) is 0 Å². The van der Waals surface area contributed by atoms with Crippen molar-refractivity contribution in [1.82, 2.24) is 0 Å². The summed E-state index contributed by atoms with van der Waals surface area (Å²) in [4.78, 5) is 0. The molecule has 0 aromatic heterocycles. The number of nitrogens with zero attached hydrogens (tertiary/aromatic N) is 1. The lowest BCUT2D eigenvalue weighted by molar-refractivity contribution is -0.910. The van der Waals surface area contributed by atoms with Crippen LogP contribution in [0, 0.1) is 0 Å². The first-order valence-electron chi connectivity index (χ1n) is 5.47. The lowest BCUT2D eigenvalue weighted by Gasteiger charge is -2.22. The number of hydrogen-bond acceptors (Lipinski definition) is 0. The summed E-state index contributed by atoms with van der Waals surface area (Å²) in [5.41, 5.74) is 3.05. The molecule has 0 saturated heterocycles. The molecule has 1 aliphatic rings. The Morgan fingerprint density at radius 2 is 1.33 bits per heavy atom. The molecule has 76 valence electrons. The zero-order valence-corrected chi connectivity index (χ0v) is 9.33. The van der Waals surface area contributed by atoms with Crippen molar-refractivity contribution < 1.29 is 4.48 Å². The third-order valence-electron chi connectivity index (χ3n) is 3.26. The van der Waals surface area contributed by atoms with Crippen LogP contribution in [0.5, 0.6) is 0 Å². The summed E-state index contributed by atoms with van der Waals surface area (Å²) in [6, 6.07) is 13.4. The van der Waals surface area contributed by atoms with Crippen molar-refractivity contribution in [2.75, 3.05) is 14.1 Å². The third-order valence-corrected chi connectivity index (χ3v) is 3.26. The molecule has 2 aromatic rings. The predicted octanol–water partition coefficient (Wildman–Crippen LogP) is 2.93. The van der Waals surface area contributed by atoms with E-state index in [9.17, 15) is 0 Å². The molecule has 0 N–H and O–H groups in total. The average Bonchev–Trinajstić information content (AvgIpc) is 2.46. The van der Waals surface area contributed by atoms with Gasteiger partial charge in [0.15, 0.2) is 0 Å². The molecule has 15 heavy (non-hydrogen) atoms. The van der Waals surface area contributed by atoms with E-state index in [-0.39, 0.29) is 0 Å². The fraction of sp³-hybridized carbons (Fsp3) is 0.286. The van der Waals surface area contributed by atoms with Crippen molar-refractivity contribution in [1.29, 1.82) is 0 Å². The number of quaternary nitrogens is 1. The highest BCUT2D eigenvalue weighted by Gasteiger charge is 2.27. The van der Waals surface area contributed by atoms with Crippen molar-refractivity contribution >= 4 is 10.8 Å². The van der Waals surface area contributed by atoms with Gasteiger partial charge in [0.25, 0.3) is 0 Å². The van der Waals surface area contributed by atoms with Gasteiger partial charge < -0.3 is 4.48 Å². The van der Waals surface area contributed by atoms with Crippen LogP contribution in [0.4, 0.5) is 0 Å². The summed E-state index contributed by atoms with van der Waals surface area (Å²) >= 11 is 0. The Morgan fingerprint density at radius 1 is 0.867 bits per heavy atom. The third kappa shape index (κ3) is 1.44. The van der Waals surface area contributed by atoms with Gasteiger partial charge in [0.2, 0.25) is 0 Å². The molecule has 0 unspecified atom stereocenters. The van der Waals surface area contributed by atoms with Crippen LogP contribution in [0.15, 0.2) is 36.4 Å². The first-order chi connectivity index (χ1) is 7.14. The molecule has 1 nitrogen and oxygen atoms in total. The van der Waals surface area contributed by atoms with E-state index in [0.29, 0.717) is 0 Å². The summed E-state index contributed by atoms with van der Waals surface area (Å²) in [6.45, 7) is 2.33. The van der Waals surface area contributed by atoms with Crippen LogP contribution in [-0.2, 0) is 13.1 Å². The summed E-state index contributed by atoms with van der Waals surface area (Å²) in [5.74, 6) is 0. The molecule has 0 fully saturated rings. The topological polar surface area (TPSA) is 0 Å². The van der Waals surface area contributed by atoms with Gasteiger partial charge in [-0.1, -0.05) is 24.3 Å². The van der Waals surface area contributed by atoms with Gasteiger partial charge in [0.05, 0.1) is 14.1 Å². The second kappa shape index (κ2) is 2.83. The molecular weight excluding hydrogens is 182 g/mol. The van der Waals surface area contributed by atoms with E-state index in [1.54, 1.807) is 0 Å². The zero-order chi connectivity index (χ0) is 10.5. The van der Waals surface area contributed by atoms with Gasteiger partial charge in [-0.05, 0) is 22.9 Å². The molecule has 0 bridgehead atoms. The van der Waals surface area contributed by atoms with Crippen LogP contribution < -0.4 is 0 Å². The fourth-order valence-electron chi connectivity index (χ4n) is 2.61. The van der Waals surface area contributed by atoms with Crippen molar-refractivity contribution in [3.05, 3.63) is 47.5 Å². The van der Waals surface area contributed by atoms with Gasteiger partial charge in [-0.25, -0.2) is 0 Å². The van der Waals surface area contributed by atoms with Crippen LogP contribution >= 0.6 is 0 Å². The number of rotatable bonds is 0. The second-order valence-electron chi connectivity index (χ2n) is 5.22. The maximum absolute atomic E-state index is 2.36. The number of benzene rings is 2. The van der Waals surface area contributed by atoms with E-state index in [1.807, 2.05) is 0 Å². The van der Waals surface area contributed by atoms with E-state index < -0.39 is 0 Å². The molecule has 0 saturated carbocycles. The standard InChI is InChI=1S/C14H16N/c1-15(2)9-13-7-11-5-3-4-6-12(11)8-14(13)10-15/h3-8H,9-10H2,1-2H3/q+1. The second-order valence-corrected chi connectivity index (χ2v) is 5.22. The van der Waals surface area contributed by atoms with E-state index in [2.05, 4.69) is 50.5 Å². The Hall–Kier alpha value is -1.34. The minimum absolute atomic E-state index is 1.09. The molecule has 1 aliphatic heterocycles. The van der Waals surface area contributed by atoms with Crippen LogP contribution in [0.1, 0.15) is 11.1 Å². The smallest absolute Gasteiger partial charge is 0.105 e. The van der Waals surface area contributed by atoms with Gasteiger partial charge in [0, 0.05) is 11.1 Å². The number of fused-ring (bicyclic) bond motifs is 2. The van der Waals surface area contributed by atoms with E-state index in [4.69, 9.17) is 0 Å². The Morgan fingerprint density at radius 3 is 1.80 bits per heavy atom. The van der Waals surface area contributed by atoms with Gasteiger partial charge in [-0.3, -0.25) is 0 Å². The minimum Gasteiger partial charge on any atom is -0.321 e. The predicted molar refractivity (Wildman–Crippen MR) is 63.5 cm³/mol. The fourth-order valence-corrected chi connectivity index (χ4v) is 2.61. The summed E-state index contributed by atoms with van der Waals surface area (Å²) in [6.07, 6.45) is 0. The Kier molecular flexibility index (Phi) is 1.68. The Balaban J connectivity index is 2.23. The monoisotopic (exact) mass is 198 g/mol. The summed E-state index contributed by atoms with van der Waals surface area (Å²) < 4.78 is 1.09. The van der Waals surface area contributed by atoms with Crippen LogP contribution in [0.2, 0.25) is 0 Å². The van der Waals surface area contributed by atoms with Gasteiger partial charge >= 0.3 is 0 Å². The highest BCUT2D eigenvalue weighted by atomic mass is 15.3. The van der Waals surface area contributed by atoms with Crippen LogP contribution in [-0.4, -0.2) is 18.6 Å². The molecule has 0 aliphatic carbocycles.